The smallest absolute Gasteiger partial charge is 0.240 e. The van der Waals surface area contributed by atoms with Gasteiger partial charge in [-0.15, -0.1) is 0 Å². The molecule has 6 nitrogen and oxygen atoms in total. The highest BCUT2D eigenvalue weighted by molar-refractivity contribution is 7.92. The second-order valence-electron chi connectivity index (χ2n) is 6.71. The summed E-state index contributed by atoms with van der Waals surface area (Å²) in [6.45, 7) is 3.55. The fourth-order valence-electron chi connectivity index (χ4n) is 3.08. The first kappa shape index (κ1) is 21.0. The van der Waals surface area contributed by atoms with Crippen LogP contribution in [0, 0.1) is 0 Å². The first-order chi connectivity index (χ1) is 12.4. The Morgan fingerprint density at radius 1 is 1.15 bits per heavy atom. The SMILES string of the molecule is CS(=O)(=O)N(CC(=O)NCCCN1CCCCCC1)c1ccc(Cl)cc1. The zero-order chi connectivity index (χ0) is 19.0. The molecule has 1 amide bonds. The first-order valence-corrected chi connectivity index (χ1v) is 11.3. The standard InChI is InChI=1S/C18H28ClN3O3S/c1-26(24,25)22(17-9-7-16(19)8-10-17)15-18(23)20-11-6-14-21-12-4-2-3-5-13-21/h7-10H,2-6,11-15H2,1H3,(H,20,23). The quantitative estimate of drug-likeness (QED) is 0.679. The zero-order valence-corrected chi connectivity index (χ0v) is 16.9. The molecular formula is C18H28ClN3O3S. The Kier molecular flexibility index (Phi) is 8.18. The number of hydrogen-bond acceptors (Lipinski definition) is 4. The Morgan fingerprint density at radius 2 is 1.77 bits per heavy atom. The molecule has 0 spiro atoms. The molecule has 0 aromatic heterocycles. The second kappa shape index (κ2) is 10.1. The van der Waals surface area contributed by atoms with E-state index < -0.39 is 10.0 Å². The van der Waals surface area contributed by atoms with Crippen LogP contribution < -0.4 is 9.62 Å². The molecule has 146 valence electrons. The number of rotatable bonds is 8. The fraction of sp³-hybridized carbons (Fsp3) is 0.611. The molecular weight excluding hydrogens is 374 g/mol. The molecule has 0 bridgehead atoms. The summed E-state index contributed by atoms with van der Waals surface area (Å²) in [7, 11) is -3.56. The number of halogens is 1. The molecule has 1 N–H and O–H groups in total. The number of nitrogens with one attached hydrogen (secondary N) is 1. The fourth-order valence-corrected chi connectivity index (χ4v) is 4.07. The van der Waals surface area contributed by atoms with Crippen molar-refractivity contribution >= 4 is 33.2 Å². The summed E-state index contributed by atoms with van der Waals surface area (Å²) in [5.41, 5.74) is 0.427. The van der Waals surface area contributed by atoms with Crippen molar-refractivity contribution in [1.82, 2.24) is 10.2 Å². The molecule has 0 atom stereocenters. The summed E-state index contributed by atoms with van der Waals surface area (Å²) in [4.78, 5) is 14.6. The van der Waals surface area contributed by atoms with Gasteiger partial charge >= 0.3 is 0 Å². The highest BCUT2D eigenvalue weighted by Crippen LogP contribution is 2.20. The van der Waals surface area contributed by atoms with Crippen molar-refractivity contribution in [2.75, 3.05) is 43.3 Å². The number of likely N-dealkylation sites (tertiary alicyclic amines) is 1. The predicted molar refractivity (Wildman–Crippen MR) is 106 cm³/mol. The molecule has 1 aromatic rings. The van der Waals surface area contributed by atoms with E-state index in [2.05, 4.69) is 10.2 Å². The molecule has 0 aliphatic carbocycles. The predicted octanol–water partition coefficient (Wildman–Crippen LogP) is 2.49. The van der Waals surface area contributed by atoms with E-state index >= 15 is 0 Å². The topological polar surface area (TPSA) is 69.7 Å². The van der Waals surface area contributed by atoms with Crippen LogP contribution >= 0.6 is 11.6 Å². The zero-order valence-electron chi connectivity index (χ0n) is 15.3. The molecule has 2 rings (SSSR count). The number of anilines is 1. The summed E-state index contributed by atoms with van der Waals surface area (Å²) in [6.07, 6.45) is 7.06. The van der Waals surface area contributed by atoms with Crippen LogP contribution in [0.2, 0.25) is 5.02 Å². The van der Waals surface area contributed by atoms with Gasteiger partial charge in [-0.2, -0.15) is 0 Å². The summed E-state index contributed by atoms with van der Waals surface area (Å²) in [5, 5.41) is 3.34. The van der Waals surface area contributed by atoms with Gasteiger partial charge in [0.1, 0.15) is 6.54 Å². The maximum atomic E-state index is 12.2. The maximum Gasteiger partial charge on any atom is 0.240 e. The van der Waals surface area contributed by atoms with Gasteiger partial charge in [0.25, 0.3) is 0 Å². The number of carbonyl (C=O) groups is 1. The van der Waals surface area contributed by atoms with E-state index in [1.807, 2.05) is 0 Å². The average molecular weight is 402 g/mol. The van der Waals surface area contributed by atoms with E-state index in [0.717, 1.165) is 36.6 Å². The van der Waals surface area contributed by atoms with Crippen LogP contribution in [0.3, 0.4) is 0 Å². The summed E-state index contributed by atoms with van der Waals surface area (Å²) >= 11 is 5.84. The van der Waals surface area contributed by atoms with Gasteiger partial charge in [0.2, 0.25) is 15.9 Å². The van der Waals surface area contributed by atoms with Gasteiger partial charge < -0.3 is 10.2 Å². The number of hydrogen-bond donors (Lipinski definition) is 1. The minimum Gasteiger partial charge on any atom is -0.354 e. The van der Waals surface area contributed by atoms with Crippen LogP contribution in [0.25, 0.3) is 0 Å². The first-order valence-electron chi connectivity index (χ1n) is 9.08. The third-order valence-electron chi connectivity index (χ3n) is 4.47. The van der Waals surface area contributed by atoms with E-state index in [1.54, 1.807) is 24.3 Å². The molecule has 1 aliphatic rings. The van der Waals surface area contributed by atoms with Gasteiger partial charge in [-0.25, -0.2) is 8.42 Å². The lowest BCUT2D eigenvalue weighted by Crippen LogP contribution is -2.41. The maximum absolute atomic E-state index is 12.2. The number of sulfonamides is 1. The molecule has 1 fully saturated rings. The van der Waals surface area contributed by atoms with Crippen LogP contribution in [-0.4, -0.2) is 58.2 Å². The third kappa shape index (κ3) is 7.13. The second-order valence-corrected chi connectivity index (χ2v) is 9.05. The normalized spacial score (nSPS) is 16.1. The van der Waals surface area contributed by atoms with E-state index in [4.69, 9.17) is 11.6 Å². The number of carbonyl (C=O) groups excluding carboxylic acids is 1. The largest absolute Gasteiger partial charge is 0.354 e. The Labute approximate surface area is 161 Å². The number of amides is 1. The van der Waals surface area contributed by atoms with Gasteiger partial charge in [0.05, 0.1) is 11.9 Å². The van der Waals surface area contributed by atoms with Crippen molar-refractivity contribution in [3.63, 3.8) is 0 Å². The molecule has 1 aliphatic heterocycles. The van der Waals surface area contributed by atoms with Crippen molar-refractivity contribution in [3.8, 4) is 0 Å². The number of benzene rings is 1. The molecule has 0 unspecified atom stereocenters. The lowest BCUT2D eigenvalue weighted by Gasteiger charge is -2.22. The minimum atomic E-state index is -3.56. The third-order valence-corrected chi connectivity index (χ3v) is 5.87. The Bertz CT molecular complexity index is 671. The van der Waals surface area contributed by atoms with Crippen LogP contribution in [0.4, 0.5) is 5.69 Å². The summed E-state index contributed by atoms with van der Waals surface area (Å²) in [6, 6.07) is 6.40. The van der Waals surface area contributed by atoms with Crippen LogP contribution in [-0.2, 0) is 14.8 Å². The van der Waals surface area contributed by atoms with Gasteiger partial charge in [0, 0.05) is 11.6 Å². The van der Waals surface area contributed by atoms with Crippen LogP contribution in [0.1, 0.15) is 32.1 Å². The van der Waals surface area contributed by atoms with Crippen LogP contribution in [0.15, 0.2) is 24.3 Å². The van der Waals surface area contributed by atoms with E-state index in [1.165, 1.54) is 25.7 Å². The lowest BCUT2D eigenvalue weighted by molar-refractivity contribution is -0.119. The molecule has 1 aromatic carbocycles. The van der Waals surface area contributed by atoms with Gasteiger partial charge in [-0.1, -0.05) is 24.4 Å². The molecule has 0 saturated carbocycles. The van der Waals surface area contributed by atoms with E-state index in [-0.39, 0.29) is 12.5 Å². The molecule has 26 heavy (non-hydrogen) atoms. The molecule has 1 saturated heterocycles. The van der Waals surface area contributed by atoms with Gasteiger partial charge in [-0.05, 0) is 63.2 Å². The summed E-state index contributed by atoms with van der Waals surface area (Å²) < 4.78 is 25.1. The Morgan fingerprint density at radius 3 is 2.35 bits per heavy atom. The van der Waals surface area contributed by atoms with Gasteiger partial charge in [0.15, 0.2) is 0 Å². The molecule has 0 radical (unpaired) electrons. The van der Waals surface area contributed by atoms with E-state index in [0.29, 0.717) is 17.3 Å². The highest BCUT2D eigenvalue weighted by Gasteiger charge is 2.20. The van der Waals surface area contributed by atoms with Gasteiger partial charge in [-0.3, -0.25) is 9.10 Å². The van der Waals surface area contributed by atoms with Crippen molar-refractivity contribution in [1.29, 1.82) is 0 Å². The molecule has 8 heteroatoms. The van der Waals surface area contributed by atoms with E-state index in [9.17, 15) is 13.2 Å². The number of nitrogens with zero attached hydrogens (tertiary/aromatic N) is 2. The Balaban J connectivity index is 1.80. The lowest BCUT2D eigenvalue weighted by atomic mass is 10.2. The summed E-state index contributed by atoms with van der Waals surface area (Å²) in [5.74, 6) is -0.304. The van der Waals surface area contributed by atoms with Crippen molar-refractivity contribution in [2.24, 2.45) is 0 Å². The monoisotopic (exact) mass is 401 g/mol. The van der Waals surface area contributed by atoms with Crippen molar-refractivity contribution in [3.05, 3.63) is 29.3 Å². The van der Waals surface area contributed by atoms with Crippen molar-refractivity contribution < 1.29 is 13.2 Å². The minimum absolute atomic E-state index is 0.232. The average Bonchev–Trinajstić information content (AvgIpc) is 2.85. The van der Waals surface area contributed by atoms with Crippen molar-refractivity contribution in [2.45, 2.75) is 32.1 Å². The Hall–Kier alpha value is -1.31. The molecule has 1 heterocycles. The van der Waals surface area contributed by atoms with Crippen LogP contribution in [0.5, 0.6) is 0 Å². The highest BCUT2D eigenvalue weighted by atomic mass is 35.5.